The highest BCUT2D eigenvalue weighted by Crippen LogP contribution is 2.25. The van der Waals surface area contributed by atoms with E-state index >= 15 is 0 Å². The summed E-state index contributed by atoms with van der Waals surface area (Å²) in [5, 5.41) is 3.22. The molecule has 2 unspecified atom stereocenters. The number of hydrogen-bond acceptors (Lipinski definition) is 4. The molecule has 19 heavy (non-hydrogen) atoms. The molecular weight excluding hydrogens is 245 g/mol. The van der Waals surface area contributed by atoms with Gasteiger partial charge in [0.1, 0.15) is 11.6 Å². The highest BCUT2D eigenvalue weighted by molar-refractivity contribution is 5.47. The summed E-state index contributed by atoms with van der Waals surface area (Å²) < 4.78 is 19.0. The lowest BCUT2D eigenvalue weighted by molar-refractivity contribution is 0.118. The molecule has 0 saturated carbocycles. The van der Waals surface area contributed by atoms with E-state index in [4.69, 9.17) is 4.74 Å². The molecule has 1 fully saturated rings. The molecule has 2 heterocycles. The van der Waals surface area contributed by atoms with Crippen molar-refractivity contribution in [3.05, 3.63) is 23.6 Å². The quantitative estimate of drug-likeness (QED) is 0.884. The maximum atomic E-state index is 13.4. The lowest BCUT2D eigenvalue weighted by Crippen LogP contribution is -2.38. The Labute approximate surface area is 114 Å². The second-order valence-corrected chi connectivity index (χ2v) is 4.96. The molecule has 1 N–H and O–H groups in total. The number of halogens is 1. The van der Waals surface area contributed by atoms with E-state index in [1.807, 2.05) is 14.0 Å². The Morgan fingerprint density at radius 2 is 2.37 bits per heavy atom. The first-order valence-electron chi connectivity index (χ1n) is 6.83. The smallest absolute Gasteiger partial charge is 0.141 e. The highest BCUT2D eigenvalue weighted by Gasteiger charge is 2.29. The van der Waals surface area contributed by atoms with Crippen LogP contribution >= 0.6 is 0 Å². The average molecular weight is 267 g/mol. The molecule has 1 aromatic heterocycles. The molecule has 2 rings (SSSR count). The van der Waals surface area contributed by atoms with Crippen molar-refractivity contribution in [3.8, 4) is 0 Å². The zero-order valence-corrected chi connectivity index (χ0v) is 11.8. The Hall–Kier alpha value is -1.20. The number of pyridine rings is 1. The van der Waals surface area contributed by atoms with E-state index in [1.165, 1.54) is 6.20 Å². The SMILES string of the molecule is CCNCc1cc(F)cnc1N(C)C1CCOC1C. The fourth-order valence-electron chi connectivity index (χ4n) is 2.57. The number of likely N-dealkylation sites (N-methyl/N-ethyl adjacent to an activating group) is 1. The van der Waals surface area contributed by atoms with Gasteiger partial charge in [-0.1, -0.05) is 6.92 Å². The lowest BCUT2D eigenvalue weighted by Gasteiger charge is -2.29. The predicted molar refractivity (Wildman–Crippen MR) is 73.8 cm³/mol. The number of anilines is 1. The van der Waals surface area contributed by atoms with Crippen LogP contribution in [0.4, 0.5) is 10.2 Å². The summed E-state index contributed by atoms with van der Waals surface area (Å²) in [5.41, 5.74) is 0.892. The number of hydrogen-bond donors (Lipinski definition) is 1. The third kappa shape index (κ3) is 3.22. The van der Waals surface area contributed by atoms with Crippen LogP contribution in [0.5, 0.6) is 0 Å². The lowest BCUT2D eigenvalue weighted by atomic mass is 10.1. The maximum Gasteiger partial charge on any atom is 0.141 e. The van der Waals surface area contributed by atoms with Crippen molar-refractivity contribution in [2.75, 3.05) is 25.1 Å². The van der Waals surface area contributed by atoms with Crippen LogP contribution in [0.1, 0.15) is 25.8 Å². The minimum absolute atomic E-state index is 0.184. The van der Waals surface area contributed by atoms with Crippen LogP contribution in [0.15, 0.2) is 12.3 Å². The molecule has 0 radical (unpaired) electrons. The van der Waals surface area contributed by atoms with Crippen molar-refractivity contribution in [3.63, 3.8) is 0 Å². The Bertz CT molecular complexity index is 427. The van der Waals surface area contributed by atoms with Crippen molar-refractivity contribution in [2.45, 2.75) is 39.0 Å². The van der Waals surface area contributed by atoms with E-state index in [0.717, 1.165) is 31.0 Å². The number of aromatic nitrogens is 1. The summed E-state index contributed by atoms with van der Waals surface area (Å²) in [4.78, 5) is 6.38. The number of ether oxygens (including phenoxy) is 1. The van der Waals surface area contributed by atoms with Gasteiger partial charge in [0.2, 0.25) is 0 Å². The Balaban J connectivity index is 2.22. The van der Waals surface area contributed by atoms with Gasteiger partial charge in [-0.15, -0.1) is 0 Å². The summed E-state index contributed by atoms with van der Waals surface area (Å²) in [5.74, 6) is 0.547. The van der Waals surface area contributed by atoms with E-state index in [2.05, 4.69) is 22.1 Å². The van der Waals surface area contributed by atoms with Gasteiger partial charge >= 0.3 is 0 Å². The van der Waals surface area contributed by atoms with Gasteiger partial charge in [-0.05, 0) is 26.0 Å². The topological polar surface area (TPSA) is 37.4 Å². The molecule has 0 spiro atoms. The first kappa shape index (κ1) is 14.2. The molecule has 1 aliphatic rings. The first-order valence-corrected chi connectivity index (χ1v) is 6.83. The normalized spacial score (nSPS) is 22.7. The van der Waals surface area contributed by atoms with E-state index in [-0.39, 0.29) is 11.9 Å². The van der Waals surface area contributed by atoms with Crippen molar-refractivity contribution in [2.24, 2.45) is 0 Å². The van der Waals surface area contributed by atoms with Crippen molar-refractivity contribution < 1.29 is 9.13 Å². The van der Waals surface area contributed by atoms with Gasteiger partial charge < -0.3 is 15.0 Å². The van der Waals surface area contributed by atoms with Crippen LogP contribution in [0.2, 0.25) is 0 Å². The summed E-state index contributed by atoms with van der Waals surface area (Å²) >= 11 is 0. The number of nitrogens with zero attached hydrogens (tertiary/aromatic N) is 2. The molecule has 0 aromatic carbocycles. The molecular formula is C14H22FN3O. The van der Waals surface area contributed by atoms with Crippen LogP contribution in [-0.2, 0) is 11.3 Å². The monoisotopic (exact) mass is 267 g/mol. The van der Waals surface area contributed by atoms with Gasteiger partial charge in [0, 0.05) is 25.8 Å². The van der Waals surface area contributed by atoms with Crippen molar-refractivity contribution >= 4 is 5.82 Å². The largest absolute Gasteiger partial charge is 0.376 e. The molecule has 0 bridgehead atoms. The number of nitrogens with one attached hydrogen (secondary N) is 1. The zero-order chi connectivity index (χ0) is 13.8. The summed E-state index contributed by atoms with van der Waals surface area (Å²) in [6.45, 7) is 6.36. The zero-order valence-electron chi connectivity index (χ0n) is 11.8. The second-order valence-electron chi connectivity index (χ2n) is 4.96. The van der Waals surface area contributed by atoms with Crippen LogP contribution < -0.4 is 10.2 Å². The summed E-state index contributed by atoms with van der Waals surface area (Å²) in [6.07, 6.45) is 2.45. The molecule has 2 atom stereocenters. The third-order valence-corrected chi connectivity index (χ3v) is 3.64. The molecule has 106 valence electrons. The van der Waals surface area contributed by atoms with Crippen LogP contribution in [0.25, 0.3) is 0 Å². The fourth-order valence-corrected chi connectivity index (χ4v) is 2.57. The second kappa shape index (κ2) is 6.30. The van der Waals surface area contributed by atoms with Crippen LogP contribution in [-0.4, -0.2) is 37.3 Å². The first-order chi connectivity index (χ1) is 9.13. The van der Waals surface area contributed by atoms with E-state index < -0.39 is 0 Å². The minimum Gasteiger partial charge on any atom is -0.376 e. The summed E-state index contributed by atoms with van der Waals surface area (Å²) in [6, 6.07) is 1.86. The van der Waals surface area contributed by atoms with Gasteiger partial charge in [0.15, 0.2) is 0 Å². The molecule has 1 aliphatic heterocycles. The van der Waals surface area contributed by atoms with Crippen LogP contribution in [0.3, 0.4) is 0 Å². The van der Waals surface area contributed by atoms with Crippen molar-refractivity contribution in [1.29, 1.82) is 0 Å². The molecule has 5 heteroatoms. The fraction of sp³-hybridized carbons (Fsp3) is 0.643. The standard InChI is InChI=1S/C14H22FN3O/c1-4-16-8-11-7-12(15)9-17-14(11)18(3)13-5-6-19-10(13)2/h7,9-10,13,16H,4-6,8H2,1-3H3. The Morgan fingerprint density at radius 1 is 1.58 bits per heavy atom. The average Bonchev–Trinajstić information content (AvgIpc) is 2.82. The predicted octanol–water partition coefficient (Wildman–Crippen LogP) is 1.94. The molecule has 1 saturated heterocycles. The molecule has 0 amide bonds. The minimum atomic E-state index is -0.291. The van der Waals surface area contributed by atoms with Crippen LogP contribution in [0, 0.1) is 5.82 Å². The van der Waals surface area contributed by atoms with Crippen molar-refractivity contribution in [1.82, 2.24) is 10.3 Å². The molecule has 1 aromatic rings. The molecule has 4 nitrogen and oxygen atoms in total. The van der Waals surface area contributed by atoms with Gasteiger partial charge in [0.05, 0.1) is 18.3 Å². The highest BCUT2D eigenvalue weighted by atomic mass is 19.1. The van der Waals surface area contributed by atoms with Gasteiger partial charge in [-0.25, -0.2) is 9.37 Å². The van der Waals surface area contributed by atoms with E-state index in [1.54, 1.807) is 6.07 Å². The third-order valence-electron chi connectivity index (χ3n) is 3.64. The van der Waals surface area contributed by atoms with E-state index in [9.17, 15) is 4.39 Å². The Morgan fingerprint density at radius 3 is 3.00 bits per heavy atom. The van der Waals surface area contributed by atoms with Gasteiger partial charge in [-0.3, -0.25) is 0 Å². The van der Waals surface area contributed by atoms with E-state index in [0.29, 0.717) is 12.6 Å². The number of rotatable bonds is 5. The maximum absolute atomic E-state index is 13.4. The Kier molecular flexibility index (Phi) is 4.71. The van der Waals surface area contributed by atoms with Gasteiger partial charge in [-0.2, -0.15) is 0 Å². The molecule has 0 aliphatic carbocycles. The van der Waals surface area contributed by atoms with Gasteiger partial charge in [0.25, 0.3) is 0 Å². The summed E-state index contributed by atoms with van der Waals surface area (Å²) in [7, 11) is 2.01.